The highest BCUT2D eigenvalue weighted by molar-refractivity contribution is 5.89. The van der Waals surface area contributed by atoms with Crippen LogP contribution in [0.3, 0.4) is 0 Å². The number of aryl methyl sites for hydroxylation is 1. The first-order valence-electron chi connectivity index (χ1n) is 9.77. The van der Waals surface area contributed by atoms with Crippen LogP contribution in [0.2, 0.25) is 0 Å². The third kappa shape index (κ3) is 3.24. The predicted octanol–water partition coefficient (Wildman–Crippen LogP) is 4.39. The SMILES string of the molecule is Cc1ccccc1O[C@H]1C(=O)N(Cc2ccc3c(c2)OCO3)[C@@H]1c1ccc(F)cc1. The molecule has 0 bridgehead atoms. The molecule has 2 aliphatic rings. The molecule has 5 rings (SSSR count). The lowest BCUT2D eigenvalue weighted by atomic mass is 9.89. The fraction of sp³-hybridized carbons (Fsp3) is 0.208. The molecule has 1 amide bonds. The molecule has 0 spiro atoms. The maximum atomic E-state index is 13.5. The summed E-state index contributed by atoms with van der Waals surface area (Å²) < 4.78 is 30.4. The summed E-state index contributed by atoms with van der Waals surface area (Å²) in [6, 6.07) is 19.1. The van der Waals surface area contributed by atoms with Crippen molar-refractivity contribution in [1.82, 2.24) is 4.90 Å². The highest BCUT2D eigenvalue weighted by Gasteiger charge is 2.50. The summed E-state index contributed by atoms with van der Waals surface area (Å²) in [7, 11) is 0. The van der Waals surface area contributed by atoms with Crippen molar-refractivity contribution >= 4 is 5.91 Å². The van der Waals surface area contributed by atoms with E-state index in [1.807, 2.05) is 49.4 Å². The summed E-state index contributed by atoms with van der Waals surface area (Å²) in [6.07, 6.45) is -0.662. The van der Waals surface area contributed by atoms with Crippen molar-refractivity contribution in [2.24, 2.45) is 0 Å². The standard InChI is InChI=1S/C24H20FNO4/c1-15-4-2-3-5-19(15)30-23-22(17-7-9-18(25)10-8-17)26(24(23)27)13-16-6-11-20-21(12-16)29-14-28-20/h2-12,22-23H,13-14H2,1H3/t22-,23-/m1/s1. The molecule has 1 fully saturated rings. The summed E-state index contributed by atoms with van der Waals surface area (Å²) in [6.45, 7) is 2.53. The van der Waals surface area contributed by atoms with Crippen molar-refractivity contribution in [3.63, 3.8) is 0 Å². The number of nitrogens with zero attached hydrogens (tertiary/aromatic N) is 1. The zero-order valence-corrected chi connectivity index (χ0v) is 16.4. The molecule has 6 heteroatoms. The number of carbonyl (C=O) groups is 1. The molecule has 0 N–H and O–H groups in total. The van der Waals surface area contributed by atoms with E-state index in [0.29, 0.717) is 23.8 Å². The van der Waals surface area contributed by atoms with Gasteiger partial charge in [0.1, 0.15) is 17.6 Å². The number of ether oxygens (including phenoxy) is 3. The lowest BCUT2D eigenvalue weighted by Crippen LogP contribution is -2.60. The number of carbonyl (C=O) groups excluding carboxylic acids is 1. The van der Waals surface area contributed by atoms with Gasteiger partial charge in [-0.1, -0.05) is 36.4 Å². The number of halogens is 1. The molecule has 30 heavy (non-hydrogen) atoms. The minimum absolute atomic E-state index is 0.106. The Balaban J connectivity index is 1.43. The molecule has 1 saturated heterocycles. The molecule has 3 aromatic rings. The molecule has 3 aromatic carbocycles. The smallest absolute Gasteiger partial charge is 0.267 e. The number of β-lactam (4-membered cyclic amide) rings is 1. The third-order valence-electron chi connectivity index (χ3n) is 5.50. The first-order chi connectivity index (χ1) is 14.6. The Morgan fingerprint density at radius 1 is 1.03 bits per heavy atom. The van der Waals surface area contributed by atoms with Gasteiger partial charge < -0.3 is 19.1 Å². The maximum Gasteiger partial charge on any atom is 0.267 e. The number of fused-ring (bicyclic) bond motifs is 1. The topological polar surface area (TPSA) is 48.0 Å². The molecular weight excluding hydrogens is 385 g/mol. The van der Waals surface area contributed by atoms with Gasteiger partial charge in [0, 0.05) is 6.54 Å². The molecule has 2 atom stereocenters. The van der Waals surface area contributed by atoms with Crippen molar-refractivity contribution in [2.45, 2.75) is 25.6 Å². The van der Waals surface area contributed by atoms with Crippen LogP contribution in [0.4, 0.5) is 4.39 Å². The van der Waals surface area contributed by atoms with Crippen LogP contribution in [0.1, 0.15) is 22.7 Å². The summed E-state index contributed by atoms with van der Waals surface area (Å²) in [5.41, 5.74) is 2.71. The number of para-hydroxylation sites is 1. The molecule has 0 unspecified atom stereocenters. The Bertz CT molecular complexity index is 1100. The van der Waals surface area contributed by atoms with E-state index in [9.17, 15) is 9.18 Å². The van der Waals surface area contributed by atoms with E-state index in [0.717, 1.165) is 16.7 Å². The molecule has 2 heterocycles. The van der Waals surface area contributed by atoms with Gasteiger partial charge in [-0.25, -0.2) is 4.39 Å². The van der Waals surface area contributed by atoms with E-state index in [-0.39, 0.29) is 24.6 Å². The number of hydrogen-bond donors (Lipinski definition) is 0. The number of benzene rings is 3. The first-order valence-corrected chi connectivity index (χ1v) is 9.77. The van der Waals surface area contributed by atoms with Gasteiger partial charge in [-0.2, -0.15) is 0 Å². The van der Waals surface area contributed by atoms with Gasteiger partial charge in [0.2, 0.25) is 12.9 Å². The monoisotopic (exact) mass is 405 g/mol. The Kier molecular flexibility index (Phi) is 4.54. The average Bonchev–Trinajstić information content (AvgIpc) is 3.22. The lowest BCUT2D eigenvalue weighted by molar-refractivity contribution is -0.165. The number of amides is 1. The number of hydrogen-bond acceptors (Lipinski definition) is 4. The van der Waals surface area contributed by atoms with Crippen LogP contribution in [0.5, 0.6) is 17.2 Å². The van der Waals surface area contributed by atoms with Gasteiger partial charge in [-0.3, -0.25) is 4.79 Å². The van der Waals surface area contributed by atoms with Crippen molar-refractivity contribution in [1.29, 1.82) is 0 Å². The Morgan fingerprint density at radius 3 is 2.60 bits per heavy atom. The van der Waals surface area contributed by atoms with E-state index in [1.165, 1.54) is 12.1 Å². The van der Waals surface area contributed by atoms with Gasteiger partial charge in [-0.15, -0.1) is 0 Å². The molecule has 2 aliphatic heterocycles. The highest BCUT2D eigenvalue weighted by Crippen LogP contribution is 2.40. The fourth-order valence-electron chi connectivity index (χ4n) is 3.88. The second kappa shape index (κ2) is 7.37. The second-order valence-electron chi connectivity index (χ2n) is 7.45. The van der Waals surface area contributed by atoms with Gasteiger partial charge in [0.05, 0.1) is 0 Å². The van der Waals surface area contributed by atoms with Gasteiger partial charge in [0.15, 0.2) is 11.5 Å². The van der Waals surface area contributed by atoms with Crippen molar-refractivity contribution in [3.05, 3.63) is 89.2 Å². The second-order valence-corrected chi connectivity index (χ2v) is 7.45. The van der Waals surface area contributed by atoms with Gasteiger partial charge in [-0.05, 0) is 53.9 Å². The van der Waals surface area contributed by atoms with Crippen LogP contribution in [0.15, 0.2) is 66.7 Å². The quantitative estimate of drug-likeness (QED) is 0.591. The average molecular weight is 405 g/mol. The van der Waals surface area contributed by atoms with E-state index in [4.69, 9.17) is 14.2 Å². The fourth-order valence-corrected chi connectivity index (χ4v) is 3.88. The zero-order valence-electron chi connectivity index (χ0n) is 16.4. The Morgan fingerprint density at radius 2 is 1.80 bits per heavy atom. The maximum absolute atomic E-state index is 13.5. The number of rotatable bonds is 5. The molecule has 0 aromatic heterocycles. The molecule has 0 aliphatic carbocycles. The summed E-state index contributed by atoms with van der Waals surface area (Å²) in [5, 5.41) is 0. The van der Waals surface area contributed by atoms with Crippen molar-refractivity contribution < 1.29 is 23.4 Å². The normalized spacial score (nSPS) is 19.5. The predicted molar refractivity (Wildman–Crippen MR) is 108 cm³/mol. The molecule has 5 nitrogen and oxygen atoms in total. The first kappa shape index (κ1) is 18.5. The van der Waals surface area contributed by atoms with Crippen molar-refractivity contribution in [2.75, 3.05) is 6.79 Å². The van der Waals surface area contributed by atoms with E-state index in [1.54, 1.807) is 17.0 Å². The molecular formula is C24H20FNO4. The Labute approximate surface area is 173 Å². The van der Waals surface area contributed by atoms with Crippen LogP contribution in [-0.2, 0) is 11.3 Å². The third-order valence-corrected chi connectivity index (χ3v) is 5.50. The summed E-state index contributed by atoms with van der Waals surface area (Å²) in [4.78, 5) is 14.8. The van der Waals surface area contributed by atoms with Gasteiger partial charge in [0.25, 0.3) is 5.91 Å². The lowest BCUT2D eigenvalue weighted by Gasteiger charge is -2.47. The van der Waals surface area contributed by atoms with Crippen molar-refractivity contribution in [3.8, 4) is 17.2 Å². The van der Waals surface area contributed by atoms with E-state index < -0.39 is 6.10 Å². The highest BCUT2D eigenvalue weighted by atomic mass is 19.1. The van der Waals surface area contributed by atoms with Crippen LogP contribution in [0, 0.1) is 12.7 Å². The molecule has 152 valence electrons. The molecule has 0 radical (unpaired) electrons. The van der Waals surface area contributed by atoms with Crippen LogP contribution in [0.25, 0.3) is 0 Å². The van der Waals surface area contributed by atoms with E-state index >= 15 is 0 Å². The molecule has 0 saturated carbocycles. The summed E-state index contributed by atoms with van der Waals surface area (Å²) >= 11 is 0. The van der Waals surface area contributed by atoms with E-state index in [2.05, 4.69) is 0 Å². The largest absolute Gasteiger partial charge is 0.478 e. The van der Waals surface area contributed by atoms with Crippen LogP contribution in [-0.4, -0.2) is 23.7 Å². The van der Waals surface area contributed by atoms with Gasteiger partial charge >= 0.3 is 0 Å². The Hall–Kier alpha value is -3.54. The minimum Gasteiger partial charge on any atom is -0.478 e. The minimum atomic E-state index is -0.662. The van der Waals surface area contributed by atoms with Crippen LogP contribution >= 0.6 is 0 Å². The number of likely N-dealkylation sites (tertiary alicyclic amines) is 1. The van der Waals surface area contributed by atoms with Crippen LogP contribution < -0.4 is 14.2 Å². The zero-order chi connectivity index (χ0) is 20.7. The summed E-state index contributed by atoms with van der Waals surface area (Å²) in [5.74, 6) is 1.62.